The molecule has 0 bridgehead atoms. The minimum atomic E-state index is -1.04. The number of aromatic hydroxyl groups is 2. The summed E-state index contributed by atoms with van der Waals surface area (Å²) in [4.78, 5) is 0. The van der Waals surface area contributed by atoms with E-state index in [0.29, 0.717) is 12.0 Å². The molecule has 84 valence electrons. The van der Waals surface area contributed by atoms with E-state index < -0.39 is 5.60 Å². The fourth-order valence-electron chi connectivity index (χ4n) is 1.80. The lowest BCUT2D eigenvalue weighted by molar-refractivity contribution is -0.0159. The van der Waals surface area contributed by atoms with Gasteiger partial charge in [0.15, 0.2) is 0 Å². The maximum Gasteiger partial charge on any atom is 0.125 e. The number of rotatable bonds is 3. The molecule has 1 unspecified atom stereocenters. The molecule has 1 rings (SSSR count). The highest BCUT2D eigenvalue weighted by atomic mass is 16.3. The maximum absolute atomic E-state index is 10.4. The first kappa shape index (κ1) is 11.9. The zero-order valence-corrected chi connectivity index (χ0v) is 9.36. The van der Waals surface area contributed by atoms with Crippen molar-refractivity contribution in [1.29, 1.82) is 0 Å². The third-order valence-electron chi connectivity index (χ3n) is 2.94. The molecule has 0 saturated heterocycles. The van der Waals surface area contributed by atoms with E-state index in [-0.39, 0.29) is 17.4 Å². The van der Waals surface area contributed by atoms with Crippen LogP contribution in [0.3, 0.4) is 0 Å². The summed E-state index contributed by atoms with van der Waals surface area (Å²) < 4.78 is 0. The Bertz CT molecular complexity index is 347. The standard InChI is InChI=1S/C12H18O3/c1-4-12(15,8(2)3)10-6-5-9(13)7-11(10)14/h5-8,13-15H,4H2,1-3H3. The third kappa shape index (κ3) is 2.07. The summed E-state index contributed by atoms with van der Waals surface area (Å²) in [7, 11) is 0. The highest BCUT2D eigenvalue weighted by Crippen LogP contribution is 2.39. The molecule has 0 aliphatic heterocycles. The van der Waals surface area contributed by atoms with Gasteiger partial charge in [-0.2, -0.15) is 0 Å². The second-order valence-corrected chi connectivity index (χ2v) is 4.13. The van der Waals surface area contributed by atoms with Gasteiger partial charge >= 0.3 is 0 Å². The predicted molar refractivity (Wildman–Crippen MR) is 58.8 cm³/mol. The Hall–Kier alpha value is -1.22. The average molecular weight is 210 g/mol. The molecule has 0 fully saturated rings. The molecule has 0 saturated carbocycles. The van der Waals surface area contributed by atoms with Crippen LogP contribution in [-0.4, -0.2) is 15.3 Å². The van der Waals surface area contributed by atoms with Crippen LogP contribution in [0.25, 0.3) is 0 Å². The number of phenols is 2. The van der Waals surface area contributed by atoms with Crippen molar-refractivity contribution in [2.75, 3.05) is 0 Å². The lowest BCUT2D eigenvalue weighted by Gasteiger charge is -2.32. The topological polar surface area (TPSA) is 60.7 Å². The second-order valence-electron chi connectivity index (χ2n) is 4.13. The van der Waals surface area contributed by atoms with Crippen molar-refractivity contribution in [2.24, 2.45) is 5.92 Å². The van der Waals surface area contributed by atoms with E-state index in [4.69, 9.17) is 0 Å². The van der Waals surface area contributed by atoms with E-state index in [1.165, 1.54) is 12.1 Å². The van der Waals surface area contributed by atoms with Gasteiger partial charge in [-0.1, -0.05) is 20.8 Å². The number of phenolic OH excluding ortho intramolecular Hbond substituents is 2. The third-order valence-corrected chi connectivity index (χ3v) is 2.94. The summed E-state index contributed by atoms with van der Waals surface area (Å²) in [6.45, 7) is 5.66. The van der Waals surface area contributed by atoms with Gasteiger partial charge in [0, 0.05) is 11.6 Å². The van der Waals surface area contributed by atoms with E-state index >= 15 is 0 Å². The zero-order valence-electron chi connectivity index (χ0n) is 9.36. The Balaban J connectivity index is 3.24. The first-order valence-electron chi connectivity index (χ1n) is 5.16. The summed E-state index contributed by atoms with van der Waals surface area (Å²) in [5.74, 6) is -0.0653. The largest absolute Gasteiger partial charge is 0.508 e. The second kappa shape index (κ2) is 4.11. The van der Waals surface area contributed by atoms with Gasteiger partial charge in [0.2, 0.25) is 0 Å². The van der Waals surface area contributed by atoms with Crippen LogP contribution in [0.4, 0.5) is 0 Å². The van der Waals surface area contributed by atoms with Crippen molar-refractivity contribution in [3.8, 4) is 11.5 Å². The molecule has 0 aliphatic rings. The van der Waals surface area contributed by atoms with Gasteiger partial charge in [0.25, 0.3) is 0 Å². The van der Waals surface area contributed by atoms with Crippen LogP contribution in [0.2, 0.25) is 0 Å². The molecule has 0 spiro atoms. The quantitative estimate of drug-likeness (QED) is 0.717. The maximum atomic E-state index is 10.4. The number of hydrogen-bond acceptors (Lipinski definition) is 3. The average Bonchev–Trinajstić information content (AvgIpc) is 2.16. The van der Waals surface area contributed by atoms with E-state index in [9.17, 15) is 15.3 Å². The molecule has 1 atom stereocenters. The van der Waals surface area contributed by atoms with E-state index in [0.717, 1.165) is 0 Å². The molecule has 0 aromatic heterocycles. The molecule has 0 amide bonds. The number of benzene rings is 1. The lowest BCUT2D eigenvalue weighted by Crippen LogP contribution is -2.31. The predicted octanol–water partition coefficient (Wildman–Crippen LogP) is 2.35. The smallest absolute Gasteiger partial charge is 0.125 e. The van der Waals surface area contributed by atoms with E-state index in [1.54, 1.807) is 6.07 Å². The molecule has 1 aromatic rings. The normalized spacial score (nSPS) is 15.3. The van der Waals surface area contributed by atoms with Gasteiger partial charge in [0.05, 0.1) is 5.60 Å². The van der Waals surface area contributed by atoms with Crippen LogP contribution >= 0.6 is 0 Å². The summed E-state index contributed by atoms with van der Waals surface area (Å²) in [6.07, 6.45) is 0.517. The van der Waals surface area contributed by atoms with Gasteiger partial charge in [-0.3, -0.25) is 0 Å². The van der Waals surface area contributed by atoms with Gasteiger partial charge in [-0.15, -0.1) is 0 Å². The van der Waals surface area contributed by atoms with Crippen LogP contribution in [0, 0.1) is 5.92 Å². The number of hydrogen-bond donors (Lipinski definition) is 3. The van der Waals surface area contributed by atoms with Crippen molar-refractivity contribution >= 4 is 0 Å². The highest BCUT2D eigenvalue weighted by molar-refractivity contribution is 5.42. The molecule has 0 aliphatic carbocycles. The van der Waals surface area contributed by atoms with Gasteiger partial charge < -0.3 is 15.3 Å². The van der Waals surface area contributed by atoms with Gasteiger partial charge in [-0.05, 0) is 24.5 Å². The molecular formula is C12H18O3. The van der Waals surface area contributed by atoms with Crippen molar-refractivity contribution in [3.63, 3.8) is 0 Å². The molecular weight excluding hydrogens is 192 g/mol. The van der Waals surface area contributed by atoms with Crippen LogP contribution < -0.4 is 0 Å². The van der Waals surface area contributed by atoms with Crippen LogP contribution in [-0.2, 0) is 5.60 Å². The minimum Gasteiger partial charge on any atom is -0.508 e. The Morgan fingerprint density at radius 2 is 1.87 bits per heavy atom. The summed E-state index contributed by atoms with van der Waals surface area (Å²) in [6, 6.07) is 4.28. The Labute approximate surface area is 90.0 Å². The summed E-state index contributed by atoms with van der Waals surface area (Å²) in [5.41, 5.74) is -0.574. The molecule has 1 aromatic carbocycles. The number of aliphatic hydroxyl groups is 1. The van der Waals surface area contributed by atoms with Crippen molar-refractivity contribution in [1.82, 2.24) is 0 Å². The fourth-order valence-corrected chi connectivity index (χ4v) is 1.80. The highest BCUT2D eigenvalue weighted by Gasteiger charge is 2.33. The fraction of sp³-hybridized carbons (Fsp3) is 0.500. The Morgan fingerprint density at radius 3 is 2.27 bits per heavy atom. The minimum absolute atomic E-state index is 0.00143. The molecule has 3 heteroatoms. The van der Waals surface area contributed by atoms with Crippen molar-refractivity contribution in [2.45, 2.75) is 32.8 Å². The monoisotopic (exact) mass is 210 g/mol. The van der Waals surface area contributed by atoms with Gasteiger partial charge in [-0.25, -0.2) is 0 Å². The molecule has 0 radical (unpaired) electrons. The first-order valence-corrected chi connectivity index (χ1v) is 5.16. The van der Waals surface area contributed by atoms with Crippen LogP contribution in [0.5, 0.6) is 11.5 Å². The first-order chi connectivity index (χ1) is 6.91. The summed E-state index contributed by atoms with van der Waals surface area (Å²) in [5, 5.41) is 29.3. The Kier molecular flexibility index (Phi) is 3.25. The van der Waals surface area contributed by atoms with E-state index in [1.807, 2.05) is 20.8 Å². The van der Waals surface area contributed by atoms with Crippen LogP contribution in [0.15, 0.2) is 18.2 Å². The molecule has 0 heterocycles. The zero-order chi connectivity index (χ0) is 11.6. The van der Waals surface area contributed by atoms with Crippen molar-refractivity contribution < 1.29 is 15.3 Å². The van der Waals surface area contributed by atoms with Crippen LogP contribution in [0.1, 0.15) is 32.8 Å². The summed E-state index contributed by atoms with van der Waals surface area (Å²) >= 11 is 0. The van der Waals surface area contributed by atoms with Gasteiger partial charge in [0.1, 0.15) is 11.5 Å². The van der Waals surface area contributed by atoms with Crippen molar-refractivity contribution in [3.05, 3.63) is 23.8 Å². The molecule has 3 N–H and O–H groups in total. The lowest BCUT2D eigenvalue weighted by atomic mass is 9.81. The van der Waals surface area contributed by atoms with E-state index in [2.05, 4.69) is 0 Å². The molecule has 15 heavy (non-hydrogen) atoms. The SMILES string of the molecule is CCC(O)(c1ccc(O)cc1O)C(C)C. The molecule has 3 nitrogen and oxygen atoms in total. The Morgan fingerprint density at radius 1 is 1.27 bits per heavy atom.